The molecule has 0 N–H and O–H groups in total. The van der Waals surface area contributed by atoms with Crippen LogP contribution in [0.15, 0.2) is 35.6 Å². The second-order valence-electron chi connectivity index (χ2n) is 6.44. The molecule has 0 fully saturated rings. The monoisotopic (exact) mass is 407 g/mol. The molecule has 1 amide bonds. The van der Waals surface area contributed by atoms with Crippen molar-refractivity contribution in [1.29, 1.82) is 0 Å². The number of carbonyl (C=O) groups is 2. The van der Waals surface area contributed by atoms with Gasteiger partial charge >= 0.3 is 5.97 Å². The van der Waals surface area contributed by atoms with E-state index < -0.39 is 11.8 Å². The molecule has 7 heteroatoms. The van der Waals surface area contributed by atoms with Gasteiger partial charge in [0.2, 0.25) is 0 Å². The van der Waals surface area contributed by atoms with Gasteiger partial charge in [-0.2, -0.15) is 0 Å². The summed E-state index contributed by atoms with van der Waals surface area (Å²) in [6.07, 6.45) is 3.21. The zero-order valence-corrected chi connectivity index (χ0v) is 16.5. The summed E-state index contributed by atoms with van der Waals surface area (Å²) in [7, 11) is 0. The first-order valence-electron chi connectivity index (χ1n) is 8.78. The molecule has 0 aromatic heterocycles. The van der Waals surface area contributed by atoms with Gasteiger partial charge in [0.25, 0.3) is 5.91 Å². The van der Waals surface area contributed by atoms with Crippen LogP contribution in [-0.2, 0) is 14.3 Å². The van der Waals surface area contributed by atoms with Crippen LogP contribution in [0.4, 0.5) is 10.1 Å². The summed E-state index contributed by atoms with van der Waals surface area (Å²) < 4.78 is 19.6. The van der Waals surface area contributed by atoms with Crippen LogP contribution in [0.2, 0.25) is 5.02 Å². The first-order valence-corrected chi connectivity index (χ1v) is 9.57. The van der Waals surface area contributed by atoms with Gasteiger partial charge in [0.05, 0.1) is 23.7 Å². The molecule has 0 atom stereocenters. The second-order valence-corrected chi connectivity index (χ2v) is 7.34. The van der Waals surface area contributed by atoms with Crippen molar-refractivity contribution in [2.75, 3.05) is 11.5 Å². The molecule has 142 valence electrons. The number of amides is 1. The Morgan fingerprint density at radius 1 is 1.33 bits per heavy atom. The summed E-state index contributed by atoms with van der Waals surface area (Å²) >= 11 is 11.4. The Hall–Kier alpha value is -2.05. The zero-order chi connectivity index (χ0) is 19.7. The number of hydrogen-bond donors (Lipinski definition) is 0. The van der Waals surface area contributed by atoms with E-state index in [1.807, 2.05) is 0 Å². The van der Waals surface area contributed by atoms with Gasteiger partial charge in [-0.3, -0.25) is 14.5 Å². The summed E-state index contributed by atoms with van der Waals surface area (Å²) in [6.45, 7) is 5.94. The van der Waals surface area contributed by atoms with Crippen LogP contribution in [-0.4, -0.2) is 23.3 Å². The molecular formula is C20H19ClFNO3S. The lowest BCUT2D eigenvalue weighted by Crippen LogP contribution is -2.26. The molecule has 27 heavy (non-hydrogen) atoms. The molecule has 1 aliphatic carbocycles. The van der Waals surface area contributed by atoms with Gasteiger partial charge in [-0.25, -0.2) is 4.39 Å². The topological polar surface area (TPSA) is 46.6 Å². The Morgan fingerprint density at radius 3 is 2.63 bits per heavy atom. The number of anilines is 1. The molecule has 1 heterocycles. The van der Waals surface area contributed by atoms with Crippen LogP contribution in [0.25, 0.3) is 0 Å². The molecule has 1 aromatic rings. The standard InChI is InChI=1S/C20H19ClFNO3S/c1-3-26-19(24)10-18(27)14-8-17(16(22)9-15(14)21)23-11(2)12-6-4-5-7-13(12)20(23)25/h8-9H,2-7,10H2,1H3. The van der Waals surface area contributed by atoms with Crippen molar-refractivity contribution in [3.8, 4) is 0 Å². The molecule has 4 nitrogen and oxygen atoms in total. The number of halogens is 2. The Bertz CT molecular complexity index is 865. The van der Waals surface area contributed by atoms with Crippen LogP contribution in [0.3, 0.4) is 0 Å². The van der Waals surface area contributed by atoms with Crippen LogP contribution in [0, 0.1) is 5.82 Å². The summed E-state index contributed by atoms with van der Waals surface area (Å²) in [5.41, 5.74) is 2.48. The van der Waals surface area contributed by atoms with Crippen molar-refractivity contribution >= 4 is 46.2 Å². The van der Waals surface area contributed by atoms with E-state index in [4.69, 9.17) is 28.6 Å². The fraction of sp³-hybridized carbons (Fsp3) is 0.350. The fourth-order valence-corrected chi connectivity index (χ4v) is 4.08. The van der Waals surface area contributed by atoms with Crippen molar-refractivity contribution in [2.45, 2.75) is 39.0 Å². The lowest BCUT2D eigenvalue weighted by molar-refractivity contribution is -0.141. The highest BCUT2D eigenvalue weighted by Gasteiger charge is 2.37. The van der Waals surface area contributed by atoms with Gasteiger partial charge in [-0.05, 0) is 50.3 Å². The van der Waals surface area contributed by atoms with Crippen molar-refractivity contribution in [3.05, 3.63) is 52.0 Å². The summed E-state index contributed by atoms with van der Waals surface area (Å²) in [5.74, 6) is -1.38. The van der Waals surface area contributed by atoms with Crippen molar-refractivity contribution in [3.63, 3.8) is 0 Å². The van der Waals surface area contributed by atoms with Gasteiger partial charge in [0, 0.05) is 21.7 Å². The van der Waals surface area contributed by atoms with Crippen LogP contribution < -0.4 is 4.90 Å². The molecule has 3 rings (SSSR count). The predicted octanol–water partition coefficient (Wildman–Crippen LogP) is 4.88. The quantitative estimate of drug-likeness (QED) is 0.396. The lowest BCUT2D eigenvalue weighted by atomic mass is 9.93. The number of benzene rings is 1. The van der Waals surface area contributed by atoms with E-state index in [0.29, 0.717) is 23.3 Å². The maximum Gasteiger partial charge on any atom is 0.311 e. The van der Waals surface area contributed by atoms with Gasteiger partial charge < -0.3 is 4.74 Å². The minimum Gasteiger partial charge on any atom is -0.466 e. The van der Waals surface area contributed by atoms with Crippen LogP contribution >= 0.6 is 23.8 Å². The van der Waals surface area contributed by atoms with Crippen LogP contribution in [0.1, 0.15) is 44.6 Å². The molecule has 0 spiro atoms. The fourth-order valence-electron chi connectivity index (χ4n) is 3.47. The van der Waals surface area contributed by atoms with E-state index in [1.165, 1.54) is 11.0 Å². The van der Waals surface area contributed by atoms with E-state index in [2.05, 4.69) is 6.58 Å². The highest BCUT2D eigenvalue weighted by atomic mass is 35.5. The third-order valence-electron chi connectivity index (χ3n) is 4.74. The molecular weight excluding hydrogens is 389 g/mol. The summed E-state index contributed by atoms with van der Waals surface area (Å²) in [6, 6.07) is 2.53. The molecule has 1 aliphatic heterocycles. The average molecular weight is 408 g/mol. The number of ether oxygens (including phenoxy) is 1. The minimum atomic E-state index is -0.642. The number of thiocarbonyl (C=S) groups is 1. The first-order chi connectivity index (χ1) is 12.8. The third-order valence-corrected chi connectivity index (χ3v) is 5.41. The molecule has 2 aliphatic rings. The molecule has 0 bridgehead atoms. The average Bonchev–Trinajstić information content (AvgIpc) is 2.87. The Morgan fingerprint density at radius 2 is 2.00 bits per heavy atom. The Labute approximate surface area is 167 Å². The number of hydrogen-bond acceptors (Lipinski definition) is 4. The zero-order valence-electron chi connectivity index (χ0n) is 14.9. The predicted molar refractivity (Wildman–Crippen MR) is 106 cm³/mol. The molecule has 0 unspecified atom stereocenters. The van der Waals surface area contributed by atoms with Crippen LogP contribution in [0.5, 0.6) is 0 Å². The third kappa shape index (κ3) is 3.69. The van der Waals surface area contributed by atoms with Crippen molar-refractivity contribution in [2.24, 2.45) is 0 Å². The highest BCUT2D eigenvalue weighted by Crippen LogP contribution is 2.42. The largest absolute Gasteiger partial charge is 0.466 e. The lowest BCUT2D eigenvalue weighted by Gasteiger charge is -2.21. The molecule has 0 saturated heterocycles. The van der Waals surface area contributed by atoms with E-state index in [0.717, 1.165) is 30.9 Å². The number of allylic oxidation sites excluding steroid dienone is 1. The second kappa shape index (κ2) is 7.90. The van der Waals surface area contributed by atoms with Gasteiger partial charge in [0.1, 0.15) is 5.82 Å². The van der Waals surface area contributed by atoms with Crippen molar-refractivity contribution < 1.29 is 18.7 Å². The number of esters is 1. The summed E-state index contributed by atoms with van der Waals surface area (Å²) in [4.78, 5) is 26.1. The Balaban J connectivity index is 1.95. The Kier molecular flexibility index (Phi) is 5.77. The van der Waals surface area contributed by atoms with E-state index in [-0.39, 0.29) is 34.5 Å². The van der Waals surface area contributed by atoms with Gasteiger partial charge in [0.15, 0.2) is 0 Å². The maximum absolute atomic E-state index is 14.7. The number of carbonyl (C=O) groups excluding carboxylic acids is 2. The number of rotatable bonds is 5. The smallest absolute Gasteiger partial charge is 0.311 e. The highest BCUT2D eigenvalue weighted by molar-refractivity contribution is 7.81. The normalized spacial score (nSPS) is 16.6. The summed E-state index contributed by atoms with van der Waals surface area (Å²) in [5, 5.41) is 0.0838. The van der Waals surface area contributed by atoms with E-state index in [9.17, 15) is 14.0 Å². The van der Waals surface area contributed by atoms with E-state index in [1.54, 1.807) is 6.92 Å². The minimum absolute atomic E-state index is 0.0463. The van der Waals surface area contributed by atoms with E-state index >= 15 is 0 Å². The molecule has 0 radical (unpaired) electrons. The number of nitrogens with zero attached hydrogens (tertiary/aromatic N) is 1. The molecule has 1 aromatic carbocycles. The maximum atomic E-state index is 14.7. The van der Waals surface area contributed by atoms with Crippen molar-refractivity contribution in [1.82, 2.24) is 0 Å². The van der Waals surface area contributed by atoms with Gasteiger partial charge in [-0.1, -0.05) is 30.4 Å². The first kappa shape index (κ1) is 19.7. The molecule has 0 saturated carbocycles. The van der Waals surface area contributed by atoms with Gasteiger partial charge in [-0.15, -0.1) is 0 Å². The SMILES string of the molecule is C=C1C2=C(CCCC2)C(=O)N1c1cc(C(=S)CC(=O)OCC)c(Cl)cc1F.